The van der Waals surface area contributed by atoms with Crippen LogP contribution in [0.3, 0.4) is 0 Å². The fraction of sp³-hybridized carbons (Fsp3) is 0.182. The second-order valence-electron chi connectivity index (χ2n) is 3.32. The minimum absolute atomic E-state index is 0.135. The number of hydrogen-bond acceptors (Lipinski definition) is 1. The van der Waals surface area contributed by atoms with Crippen LogP contribution in [0.15, 0.2) is 24.3 Å². The van der Waals surface area contributed by atoms with E-state index in [1.807, 2.05) is 12.2 Å². The van der Waals surface area contributed by atoms with E-state index in [4.69, 9.17) is 0 Å². The average Bonchev–Trinajstić information content (AvgIpc) is 2.30. The normalized spacial score (nSPS) is 15.3. The Morgan fingerprint density at radius 2 is 2.21 bits per heavy atom. The van der Waals surface area contributed by atoms with Crippen molar-refractivity contribution in [1.82, 2.24) is 4.90 Å². The van der Waals surface area contributed by atoms with Gasteiger partial charge in [0.25, 0.3) is 5.91 Å². The molecular formula is C11H10FNO. The Morgan fingerprint density at radius 1 is 1.43 bits per heavy atom. The van der Waals surface area contributed by atoms with Gasteiger partial charge in [0.05, 0.1) is 0 Å². The molecule has 0 N–H and O–H groups in total. The molecule has 72 valence electrons. The van der Waals surface area contributed by atoms with Crippen molar-refractivity contribution in [3.8, 4) is 0 Å². The lowest BCUT2D eigenvalue weighted by Gasteiger charge is -2.13. The van der Waals surface area contributed by atoms with E-state index in [2.05, 4.69) is 0 Å². The number of hydrogen-bond donors (Lipinski definition) is 0. The quantitative estimate of drug-likeness (QED) is 0.613. The molecule has 1 aliphatic heterocycles. The summed E-state index contributed by atoms with van der Waals surface area (Å²) in [4.78, 5) is 13.3. The first-order chi connectivity index (χ1) is 6.68. The van der Waals surface area contributed by atoms with Crippen molar-refractivity contribution in [3.63, 3.8) is 0 Å². The Kier molecular flexibility index (Phi) is 2.08. The standard InChI is InChI=1S/C11H10FNO/c1-13-6-2-3-8-4-5-9(12)7-10(8)11(13)14/h2-5,7H,6H2,1H3. The van der Waals surface area contributed by atoms with Crippen molar-refractivity contribution < 1.29 is 9.18 Å². The molecule has 0 saturated heterocycles. The van der Waals surface area contributed by atoms with Crippen LogP contribution < -0.4 is 0 Å². The van der Waals surface area contributed by atoms with Crippen molar-refractivity contribution in [2.75, 3.05) is 13.6 Å². The van der Waals surface area contributed by atoms with E-state index in [1.165, 1.54) is 12.1 Å². The van der Waals surface area contributed by atoms with Crippen molar-refractivity contribution in [2.45, 2.75) is 0 Å². The minimum atomic E-state index is -0.374. The molecule has 0 radical (unpaired) electrons. The SMILES string of the molecule is CN1CC=Cc2ccc(F)cc2C1=O. The van der Waals surface area contributed by atoms with E-state index >= 15 is 0 Å². The molecule has 0 spiro atoms. The molecule has 3 heteroatoms. The second-order valence-corrected chi connectivity index (χ2v) is 3.32. The van der Waals surface area contributed by atoms with Crippen LogP contribution >= 0.6 is 0 Å². The lowest BCUT2D eigenvalue weighted by atomic mass is 10.1. The highest BCUT2D eigenvalue weighted by molar-refractivity contribution is 5.98. The molecule has 14 heavy (non-hydrogen) atoms. The zero-order chi connectivity index (χ0) is 10.1. The van der Waals surface area contributed by atoms with Crippen LogP contribution in [0.4, 0.5) is 4.39 Å². The van der Waals surface area contributed by atoms with Gasteiger partial charge in [-0.15, -0.1) is 0 Å². The first-order valence-electron chi connectivity index (χ1n) is 4.40. The van der Waals surface area contributed by atoms with Crippen LogP contribution in [-0.4, -0.2) is 24.4 Å². The predicted molar refractivity (Wildman–Crippen MR) is 52.4 cm³/mol. The number of carbonyl (C=O) groups excluding carboxylic acids is 1. The molecule has 1 aromatic carbocycles. The maximum Gasteiger partial charge on any atom is 0.254 e. The van der Waals surface area contributed by atoms with Gasteiger partial charge in [-0.3, -0.25) is 4.79 Å². The number of fused-ring (bicyclic) bond motifs is 1. The van der Waals surface area contributed by atoms with Crippen LogP contribution in [0.2, 0.25) is 0 Å². The summed E-state index contributed by atoms with van der Waals surface area (Å²) in [6, 6.07) is 4.27. The number of nitrogens with zero attached hydrogens (tertiary/aromatic N) is 1. The smallest absolute Gasteiger partial charge is 0.254 e. The number of halogens is 1. The molecule has 0 unspecified atom stereocenters. The lowest BCUT2D eigenvalue weighted by molar-refractivity contribution is 0.0811. The molecule has 1 heterocycles. The summed E-state index contributed by atoms with van der Waals surface area (Å²) < 4.78 is 12.9. The fourth-order valence-corrected chi connectivity index (χ4v) is 1.49. The highest BCUT2D eigenvalue weighted by atomic mass is 19.1. The van der Waals surface area contributed by atoms with Crippen LogP contribution in [0.1, 0.15) is 15.9 Å². The summed E-state index contributed by atoms with van der Waals surface area (Å²) in [5.74, 6) is -0.509. The summed E-state index contributed by atoms with van der Waals surface area (Å²) in [7, 11) is 1.70. The number of amides is 1. The Hall–Kier alpha value is -1.64. The van der Waals surface area contributed by atoms with Gasteiger partial charge in [0.15, 0.2) is 0 Å². The minimum Gasteiger partial charge on any atom is -0.338 e. The summed E-state index contributed by atoms with van der Waals surface area (Å²) in [5.41, 5.74) is 1.21. The van der Waals surface area contributed by atoms with Gasteiger partial charge >= 0.3 is 0 Å². The molecule has 2 rings (SSSR count). The highest BCUT2D eigenvalue weighted by Gasteiger charge is 2.16. The van der Waals surface area contributed by atoms with E-state index in [0.29, 0.717) is 12.1 Å². The van der Waals surface area contributed by atoms with Crippen molar-refractivity contribution in [1.29, 1.82) is 0 Å². The third-order valence-electron chi connectivity index (χ3n) is 2.27. The second kappa shape index (κ2) is 3.25. The Balaban J connectivity index is 2.57. The number of benzene rings is 1. The Morgan fingerprint density at radius 3 is 3.00 bits per heavy atom. The summed E-state index contributed by atoms with van der Waals surface area (Å²) in [5, 5.41) is 0. The molecule has 0 saturated carbocycles. The van der Waals surface area contributed by atoms with Gasteiger partial charge in [0.2, 0.25) is 0 Å². The summed E-state index contributed by atoms with van der Waals surface area (Å²) in [6.45, 7) is 0.565. The van der Waals surface area contributed by atoms with Crippen LogP contribution in [0.25, 0.3) is 6.08 Å². The van der Waals surface area contributed by atoms with E-state index in [0.717, 1.165) is 5.56 Å². The van der Waals surface area contributed by atoms with Gasteiger partial charge in [-0.1, -0.05) is 18.2 Å². The Bertz CT molecular complexity index is 412. The van der Waals surface area contributed by atoms with Crippen LogP contribution in [0.5, 0.6) is 0 Å². The molecule has 0 aliphatic carbocycles. The molecule has 1 aliphatic rings. The van der Waals surface area contributed by atoms with Gasteiger partial charge in [0.1, 0.15) is 5.82 Å². The van der Waals surface area contributed by atoms with E-state index in [9.17, 15) is 9.18 Å². The van der Waals surface area contributed by atoms with Crippen molar-refractivity contribution >= 4 is 12.0 Å². The summed E-state index contributed by atoms with van der Waals surface area (Å²) >= 11 is 0. The predicted octanol–water partition coefficient (Wildman–Crippen LogP) is 1.92. The molecular weight excluding hydrogens is 181 g/mol. The van der Waals surface area contributed by atoms with Crippen molar-refractivity contribution in [3.05, 3.63) is 41.2 Å². The molecule has 0 fully saturated rings. The molecule has 0 atom stereocenters. The lowest BCUT2D eigenvalue weighted by Crippen LogP contribution is -2.26. The average molecular weight is 191 g/mol. The fourth-order valence-electron chi connectivity index (χ4n) is 1.49. The molecule has 1 amide bonds. The van der Waals surface area contributed by atoms with E-state index in [-0.39, 0.29) is 11.7 Å². The van der Waals surface area contributed by atoms with Gasteiger partial charge < -0.3 is 4.90 Å². The first kappa shape index (κ1) is 8.94. The van der Waals surface area contributed by atoms with E-state index < -0.39 is 0 Å². The first-order valence-corrected chi connectivity index (χ1v) is 4.40. The molecule has 2 nitrogen and oxygen atoms in total. The zero-order valence-corrected chi connectivity index (χ0v) is 7.83. The van der Waals surface area contributed by atoms with Gasteiger partial charge in [0, 0.05) is 19.2 Å². The largest absolute Gasteiger partial charge is 0.338 e. The van der Waals surface area contributed by atoms with Gasteiger partial charge in [-0.2, -0.15) is 0 Å². The van der Waals surface area contributed by atoms with Crippen molar-refractivity contribution in [2.24, 2.45) is 0 Å². The van der Waals surface area contributed by atoms with Gasteiger partial charge in [-0.05, 0) is 17.7 Å². The maximum atomic E-state index is 12.9. The van der Waals surface area contributed by atoms with Crippen LogP contribution in [0, 0.1) is 5.82 Å². The van der Waals surface area contributed by atoms with Crippen LogP contribution in [-0.2, 0) is 0 Å². The third-order valence-corrected chi connectivity index (χ3v) is 2.27. The highest BCUT2D eigenvalue weighted by Crippen LogP contribution is 2.17. The Labute approximate surface area is 81.6 Å². The van der Waals surface area contributed by atoms with E-state index in [1.54, 1.807) is 18.0 Å². The monoisotopic (exact) mass is 191 g/mol. The maximum absolute atomic E-state index is 12.9. The topological polar surface area (TPSA) is 20.3 Å². The number of likely N-dealkylation sites (N-methyl/N-ethyl adjacent to an activating group) is 1. The molecule has 0 bridgehead atoms. The number of rotatable bonds is 0. The molecule has 0 aromatic heterocycles. The summed E-state index contributed by atoms with van der Waals surface area (Å²) in [6.07, 6.45) is 3.73. The van der Waals surface area contributed by atoms with Gasteiger partial charge in [-0.25, -0.2) is 4.39 Å². The zero-order valence-electron chi connectivity index (χ0n) is 7.83. The molecule has 1 aromatic rings. The third kappa shape index (κ3) is 1.41. The number of carbonyl (C=O) groups is 1.